The number of nitrogens with two attached hydrogens (primary N) is 1. The molecular formula is C70H66N2. The molecule has 0 saturated carbocycles. The molecule has 0 radical (unpaired) electrons. The smallest absolute Gasteiger partial charge is 0.0719 e. The van der Waals surface area contributed by atoms with Gasteiger partial charge in [0, 0.05) is 5.41 Å². The van der Waals surface area contributed by atoms with Crippen molar-refractivity contribution in [3.05, 3.63) is 315 Å². The third-order valence-electron chi connectivity index (χ3n) is 14.8. The number of fused-ring (bicyclic) bond motifs is 9. The summed E-state index contributed by atoms with van der Waals surface area (Å²) >= 11 is 0. The summed E-state index contributed by atoms with van der Waals surface area (Å²) in [6.07, 6.45) is 8.95. The normalized spacial score (nSPS) is 15.2. The molecule has 3 aliphatic rings. The lowest BCUT2D eigenvalue weighted by Crippen LogP contribution is -2.40. The monoisotopic (exact) mass is 935 g/mol. The van der Waals surface area contributed by atoms with Gasteiger partial charge in [-0.2, -0.15) is 0 Å². The Kier molecular flexibility index (Phi) is 14.7. The van der Waals surface area contributed by atoms with Gasteiger partial charge in [-0.3, -0.25) is 0 Å². The number of rotatable bonds is 6. The molecule has 0 aromatic heterocycles. The summed E-state index contributed by atoms with van der Waals surface area (Å²) in [6, 6.07) is 81.0. The molecule has 9 aromatic carbocycles. The highest BCUT2D eigenvalue weighted by Gasteiger charge is 2.53. The molecule has 0 amide bonds. The highest BCUT2D eigenvalue weighted by atomic mass is 14.6. The highest BCUT2D eigenvalue weighted by Crippen LogP contribution is 2.62. The van der Waals surface area contributed by atoms with Crippen LogP contribution in [0.25, 0.3) is 27.8 Å². The zero-order valence-electron chi connectivity index (χ0n) is 42.4. The Hall–Kier alpha value is -7.91. The molecule has 2 heteroatoms. The standard InChI is InChI=1S/C36H30.C19H17N.C14H16.CH3N/c1-24-20-21-28-27(22-24)34-26(23-25-12-5-4-6-13-25)14-11-19-33(34)36(28)31-17-9-7-15-29(31)35(2,3)30-16-8-10-18-32(30)36;20-19(16-11-5-2-6-12-16)18-14-8-7-13-17(18)15-9-3-1-4-10-15;1-11-6-8-13(9-7-11)14-5-3-4-12(2)10-14;1-2/h4-22H,23H2,1-3H3;1-14,19H,20H2;3,5-10,12H,4H2,1-2H3;2H,1H2. The molecule has 12 rings (SSSR count). The van der Waals surface area contributed by atoms with Gasteiger partial charge in [0.15, 0.2) is 0 Å². The molecule has 3 aliphatic carbocycles. The second-order valence-corrected chi connectivity index (χ2v) is 20.0. The van der Waals surface area contributed by atoms with E-state index in [9.17, 15) is 0 Å². The minimum atomic E-state index is -0.312. The average Bonchev–Trinajstić information content (AvgIpc) is 3.72. The molecule has 356 valence electrons. The Morgan fingerprint density at radius 2 is 1.07 bits per heavy atom. The van der Waals surface area contributed by atoms with E-state index in [0.29, 0.717) is 5.92 Å². The van der Waals surface area contributed by atoms with Gasteiger partial charge in [-0.1, -0.05) is 275 Å². The molecule has 9 aromatic rings. The van der Waals surface area contributed by atoms with Gasteiger partial charge in [-0.15, -0.1) is 0 Å². The summed E-state index contributed by atoms with van der Waals surface area (Å²) < 4.78 is 0. The molecule has 0 saturated heterocycles. The summed E-state index contributed by atoms with van der Waals surface area (Å²) in [5.41, 5.74) is 30.2. The highest BCUT2D eigenvalue weighted by molar-refractivity contribution is 5.90. The first-order valence-electron chi connectivity index (χ1n) is 25.4. The molecule has 72 heavy (non-hydrogen) atoms. The van der Waals surface area contributed by atoms with Crippen molar-refractivity contribution in [2.24, 2.45) is 11.7 Å². The fourth-order valence-corrected chi connectivity index (χ4v) is 11.4. The summed E-state index contributed by atoms with van der Waals surface area (Å²) in [5.74, 6) is 0.677. The Morgan fingerprint density at radius 3 is 1.71 bits per heavy atom. The largest absolute Gasteiger partial charge is 0.320 e. The third-order valence-corrected chi connectivity index (χ3v) is 14.8. The van der Waals surface area contributed by atoms with Gasteiger partial charge in [0.05, 0.1) is 11.5 Å². The quantitative estimate of drug-likeness (QED) is 0.160. The molecule has 2 atom stereocenters. The predicted molar refractivity (Wildman–Crippen MR) is 306 cm³/mol. The fraction of sp³-hybridized carbons (Fsp3) is 0.157. The van der Waals surface area contributed by atoms with E-state index in [4.69, 9.17) is 11.1 Å². The number of hydrogen-bond acceptors (Lipinski definition) is 2. The van der Waals surface area contributed by atoms with E-state index in [-0.39, 0.29) is 16.9 Å². The lowest BCUT2D eigenvalue weighted by Gasteiger charge is -2.46. The third kappa shape index (κ3) is 9.51. The van der Waals surface area contributed by atoms with E-state index in [1.54, 1.807) is 0 Å². The van der Waals surface area contributed by atoms with Gasteiger partial charge < -0.3 is 11.1 Å². The summed E-state index contributed by atoms with van der Waals surface area (Å²) in [5, 5.41) is 5.50. The molecule has 0 heterocycles. The maximum absolute atomic E-state index is 6.45. The Balaban J connectivity index is 0.000000149. The zero-order valence-corrected chi connectivity index (χ0v) is 42.4. The zero-order chi connectivity index (χ0) is 50.2. The van der Waals surface area contributed by atoms with Crippen LogP contribution >= 0.6 is 0 Å². The van der Waals surface area contributed by atoms with E-state index in [1.165, 1.54) is 95.4 Å². The number of nitrogens with one attached hydrogen (secondary N) is 1. The van der Waals surface area contributed by atoms with Crippen molar-refractivity contribution in [2.45, 2.75) is 64.3 Å². The van der Waals surface area contributed by atoms with Crippen LogP contribution in [-0.4, -0.2) is 6.72 Å². The Labute approximate surface area is 428 Å². The van der Waals surface area contributed by atoms with Crippen LogP contribution in [0.5, 0.6) is 0 Å². The molecule has 2 nitrogen and oxygen atoms in total. The first-order valence-corrected chi connectivity index (χ1v) is 25.4. The van der Waals surface area contributed by atoms with Gasteiger partial charge in [0.1, 0.15) is 0 Å². The molecule has 2 unspecified atom stereocenters. The summed E-state index contributed by atoms with van der Waals surface area (Å²) in [6.45, 7) is 13.9. The van der Waals surface area contributed by atoms with E-state index < -0.39 is 0 Å². The van der Waals surface area contributed by atoms with Crippen LogP contribution in [0, 0.1) is 25.2 Å². The molecule has 0 fully saturated rings. The van der Waals surface area contributed by atoms with Crippen LogP contribution < -0.4 is 5.73 Å². The van der Waals surface area contributed by atoms with Crippen LogP contribution in [0.15, 0.2) is 243 Å². The minimum absolute atomic E-state index is 0.0618. The first kappa shape index (κ1) is 49.1. The van der Waals surface area contributed by atoms with Gasteiger partial charge in [-0.25, -0.2) is 0 Å². The second kappa shape index (κ2) is 21.6. The van der Waals surface area contributed by atoms with Gasteiger partial charge in [0.25, 0.3) is 0 Å². The summed E-state index contributed by atoms with van der Waals surface area (Å²) in [7, 11) is 0. The molecular weight excluding hydrogens is 869 g/mol. The van der Waals surface area contributed by atoms with Crippen LogP contribution in [0.4, 0.5) is 0 Å². The maximum Gasteiger partial charge on any atom is 0.0719 e. The van der Waals surface area contributed by atoms with Gasteiger partial charge in [0.2, 0.25) is 0 Å². The van der Waals surface area contributed by atoms with Crippen molar-refractivity contribution < 1.29 is 0 Å². The SMILES string of the molecule is C=N.Cc1ccc(C2=CC(C)CC=C2)cc1.Cc1ccc2c(c1)-c1c(Cc3ccccc3)cccc1C21c2ccccc2C(C)(C)c2ccccc21.NC(c1ccccc1)c1ccccc1-c1ccccc1. The number of allylic oxidation sites excluding steroid dienone is 4. The van der Waals surface area contributed by atoms with E-state index in [1.807, 2.05) is 30.3 Å². The van der Waals surface area contributed by atoms with E-state index in [0.717, 1.165) is 17.5 Å². The molecule has 3 N–H and O–H groups in total. The lowest BCUT2D eigenvalue weighted by atomic mass is 9.55. The van der Waals surface area contributed by atoms with Gasteiger partial charge in [-0.05, 0) is 128 Å². The average molecular weight is 935 g/mol. The fourth-order valence-electron chi connectivity index (χ4n) is 11.4. The van der Waals surface area contributed by atoms with Crippen molar-refractivity contribution in [1.82, 2.24) is 0 Å². The predicted octanol–water partition coefficient (Wildman–Crippen LogP) is 17.2. The van der Waals surface area contributed by atoms with Crippen molar-refractivity contribution in [1.29, 1.82) is 5.41 Å². The lowest BCUT2D eigenvalue weighted by molar-refractivity contribution is 0.563. The summed E-state index contributed by atoms with van der Waals surface area (Å²) in [4.78, 5) is 0. The van der Waals surface area contributed by atoms with Crippen molar-refractivity contribution in [3.63, 3.8) is 0 Å². The minimum Gasteiger partial charge on any atom is -0.320 e. The Morgan fingerprint density at radius 1 is 0.528 bits per heavy atom. The van der Waals surface area contributed by atoms with Crippen molar-refractivity contribution in [3.8, 4) is 22.3 Å². The number of aryl methyl sites for hydroxylation is 2. The van der Waals surface area contributed by atoms with Crippen LogP contribution in [0.1, 0.15) is 106 Å². The molecule has 0 aliphatic heterocycles. The second-order valence-electron chi connectivity index (χ2n) is 20.0. The maximum atomic E-state index is 6.45. The van der Waals surface area contributed by atoms with Crippen molar-refractivity contribution >= 4 is 12.3 Å². The molecule has 0 bridgehead atoms. The Bertz CT molecular complexity index is 3290. The number of hydrogen-bond donors (Lipinski definition) is 2. The van der Waals surface area contributed by atoms with Gasteiger partial charge >= 0.3 is 0 Å². The number of benzene rings is 9. The van der Waals surface area contributed by atoms with E-state index >= 15 is 0 Å². The van der Waals surface area contributed by atoms with E-state index in [2.05, 4.69) is 254 Å². The molecule has 1 spiro atoms. The first-order chi connectivity index (χ1) is 35.1. The van der Waals surface area contributed by atoms with Crippen molar-refractivity contribution in [2.75, 3.05) is 0 Å². The van der Waals surface area contributed by atoms with Crippen LogP contribution in [-0.2, 0) is 17.3 Å². The van der Waals surface area contributed by atoms with Crippen LogP contribution in [0.2, 0.25) is 0 Å². The van der Waals surface area contributed by atoms with Crippen LogP contribution in [0.3, 0.4) is 0 Å². The topological polar surface area (TPSA) is 49.9 Å².